The fourth-order valence-electron chi connectivity index (χ4n) is 2.80. The molecular formula is C12H16ClN5O. The van der Waals surface area contributed by atoms with Gasteiger partial charge in [0.1, 0.15) is 5.82 Å². The highest BCUT2D eigenvalue weighted by Crippen LogP contribution is 2.32. The molecule has 0 spiro atoms. The molecule has 102 valence electrons. The van der Waals surface area contributed by atoms with Crippen molar-refractivity contribution in [3.05, 3.63) is 11.0 Å². The van der Waals surface area contributed by atoms with E-state index in [4.69, 9.17) is 11.6 Å². The molecule has 0 amide bonds. The lowest BCUT2D eigenvalue weighted by atomic mass is 10.2. The number of hydrogen-bond donors (Lipinski definition) is 1. The van der Waals surface area contributed by atoms with E-state index in [2.05, 4.69) is 20.0 Å². The second-order valence-electron chi connectivity index (χ2n) is 4.90. The number of aliphatic hydroxyl groups is 1. The molecule has 0 radical (unpaired) electrons. The minimum absolute atomic E-state index is 0.105. The van der Waals surface area contributed by atoms with Crippen LogP contribution in [0.25, 0.3) is 11.0 Å². The molecule has 1 saturated heterocycles. The number of aliphatic hydroxyl groups excluding tert-OH is 1. The number of aryl methyl sites for hydroxylation is 2. The van der Waals surface area contributed by atoms with Crippen LogP contribution in [0.15, 0.2) is 0 Å². The van der Waals surface area contributed by atoms with E-state index < -0.39 is 0 Å². The number of rotatable bonds is 2. The van der Waals surface area contributed by atoms with E-state index in [0.29, 0.717) is 0 Å². The lowest BCUT2D eigenvalue weighted by molar-refractivity contribution is 0.266. The Morgan fingerprint density at radius 2 is 2.21 bits per heavy atom. The average molecular weight is 282 g/mol. The van der Waals surface area contributed by atoms with E-state index in [1.807, 2.05) is 14.0 Å². The SMILES string of the molecule is Cc1nn(C)c2nc(Cl)nc(N3CCC[C@H]3CO)c12. The third-order valence-electron chi connectivity index (χ3n) is 3.67. The average Bonchev–Trinajstić information content (AvgIpc) is 2.94. The molecule has 2 aromatic rings. The number of anilines is 1. The Hall–Kier alpha value is -1.40. The summed E-state index contributed by atoms with van der Waals surface area (Å²) in [5, 5.41) is 15.0. The molecule has 1 N–H and O–H groups in total. The molecule has 3 rings (SSSR count). The van der Waals surface area contributed by atoms with Crippen molar-refractivity contribution in [1.82, 2.24) is 19.7 Å². The van der Waals surface area contributed by atoms with Crippen molar-refractivity contribution >= 4 is 28.5 Å². The van der Waals surface area contributed by atoms with E-state index in [9.17, 15) is 5.11 Å². The van der Waals surface area contributed by atoms with Crippen molar-refractivity contribution in [1.29, 1.82) is 0 Å². The lowest BCUT2D eigenvalue weighted by Crippen LogP contribution is -2.33. The molecule has 1 fully saturated rings. The summed E-state index contributed by atoms with van der Waals surface area (Å²) in [7, 11) is 1.84. The first kappa shape index (κ1) is 12.6. The van der Waals surface area contributed by atoms with Gasteiger partial charge in [-0.3, -0.25) is 0 Å². The number of hydrogen-bond acceptors (Lipinski definition) is 5. The van der Waals surface area contributed by atoms with Crippen molar-refractivity contribution in [3.63, 3.8) is 0 Å². The van der Waals surface area contributed by atoms with Crippen LogP contribution in [0, 0.1) is 6.92 Å². The van der Waals surface area contributed by atoms with Gasteiger partial charge in [0.15, 0.2) is 5.65 Å². The third-order valence-corrected chi connectivity index (χ3v) is 3.84. The number of halogens is 1. The molecule has 0 unspecified atom stereocenters. The maximum Gasteiger partial charge on any atom is 0.226 e. The van der Waals surface area contributed by atoms with Crippen LogP contribution < -0.4 is 4.90 Å². The van der Waals surface area contributed by atoms with Gasteiger partial charge in [-0.25, -0.2) is 4.68 Å². The summed E-state index contributed by atoms with van der Waals surface area (Å²) in [5.41, 5.74) is 1.61. The van der Waals surface area contributed by atoms with Crippen LogP contribution >= 0.6 is 11.6 Å². The summed E-state index contributed by atoms with van der Waals surface area (Å²) in [6, 6.07) is 0.105. The Bertz CT molecular complexity index is 626. The van der Waals surface area contributed by atoms with Gasteiger partial charge in [-0.2, -0.15) is 15.1 Å². The Morgan fingerprint density at radius 1 is 1.42 bits per heavy atom. The van der Waals surface area contributed by atoms with E-state index in [-0.39, 0.29) is 17.9 Å². The second kappa shape index (κ2) is 4.61. The third kappa shape index (κ3) is 1.95. The molecule has 1 atom stereocenters. The Balaban J connectivity index is 2.22. The molecule has 6 nitrogen and oxygen atoms in total. The van der Waals surface area contributed by atoms with Gasteiger partial charge < -0.3 is 10.0 Å². The predicted octanol–water partition coefficient (Wildman–Crippen LogP) is 1.29. The van der Waals surface area contributed by atoms with E-state index in [0.717, 1.165) is 41.9 Å². The topological polar surface area (TPSA) is 67.1 Å². The Morgan fingerprint density at radius 3 is 2.95 bits per heavy atom. The van der Waals surface area contributed by atoms with Crippen molar-refractivity contribution < 1.29 is 5.11 Å². The molecule has 0 saturated carbocycles. The van der Waals surface area contributed by atoms with Crippen LogP contribution in [-0.2, 0) is 7.05 Å². The summed E-state index contributed by atoms with van der Waals surface area (Å²) in [5.74, 6) is 0.789. The maximum atomic E-state index is 9.47. The van der Waals surface area contributed by atoms with Crippen molar-refractivity contribution in [3.8, 4) is 0 Å². The van der Waals surface area contributed by atoms with Gasteiger partial charge >= 0.3 is 0 Å². The van der Waals surface area contributed by atoms with Gasteiger partial charge in [-0.1, -0.05) is 0 Å². The first-order valence-corrected chi connectivity index (χ1v) is 6.74. The zero-order valence-corrected chi connectivity index (χ0v) is 11.7. The maximum absolute atomic E-state index is 9.47. The Kier molecular flexibility index (Phi) is 3.06. The zero-order valence-electron chi connectivity index (χ0n) is 11.0. The highest BCUT2D eigenvalue weighted by atomic mass is 35.5. The van der Waals surface area contributed by atoms with Gasteiger partial charge in [0.25, 0.3) is 0 Å². The van der Waals surface area contributed by atoms with Gasteiger partial charge in [0, 0.05) is 13.6 Å². The van der Waals surface area contributed by atoms with Crippen molar-refractivity contribution in [2.45, 2.75) is 25.8 Å². The molecule has 19 heavy (non-hydrogen) atoms. The van der Waals surface area contributed by atoms with Gasteiger partial charge in [-0.05, 0) is 31.4 Å². The van der Waals surface area contributed by atoms with Crippen LogP contribution in [0.5, 0.6) is 0 Å². The fraction of sp³-hybridized carbons (Fsp3) is 0.583. The lowest BCUT2D eigenvalue weighted by Gasteiger charge is -2.24. The van der Waals surface area contributed by atoms with E-state index in [1.165, 1.54) is 0 Å². The molecule has 1 aliphatic heterocycles. The zero-order chi connectivity index (χ0) is 13.6. The van der Waals surface area contributed by atoms with E-state index in [1.54, 1.807) is 4.68 Å². The largest absolute Gasteiger partial charge is 0.394 e. The molecule has 2 aromatic heterocycles. The summed E-state index contributed by atoms with van der Waals surface area (Å²) in [6.07, 6.45) is 2.02. The standard InChI is InChI=1S/C12H16ClN5O/c1-7-9-10(17(2)16-7)14-12(13)15-11(9)18-5-3-4-8(18)6-19/h8,19H,3-6H2,1-2H3/t8-/m0/s1. The first-order chi connectivity index (χ1) is 9.11. The number of aromatic nitrogens is 4. The van der Waals surface area contributed by atoms with Gasteiger partial charge in [0.2, 0.25) is 5.28 Å². The monoisotopic (exact) mass is 281 g/mol. The molecule has 0 aromatic carbocycles. The molecule has 3 heterocycles. The van der Waals surface area contributed by atoms with Crippen LogP contribution in [-0.4, -0.2) is 44.0 Å². The van der Waals surface area contributed by atoms with Crippen LogP contribution in [0.2, 0.25) is 5.28 Å². The first-order valence-electron chi connectivity index (χ1n) is 6.36. The minimum atomic E-state index is 0.105. The summed E-state index contributed by atoms with van der Waals surface area (Å²) < 4.78 is 1.71. The molecular weight excluding hydrogens is 266 g/mol. The van der Waals surface area contributed by atoms with Crippen LogP contribution in [0.3, 0.4) is 0 Å². The smallest absolute Gasteiger partial charge is 0.226 e. The number of fused-ring (bicyclic) bond motifs is 1. The highest BCUT2D eigenvalue weighted by molar-refractivity contribution is 6.28. The summed E-state index contributed by atoms with van der Waals surface area (Å²) >= 11 is 6.02. The van der Waals surface area contributed by atoms with Crippen LogP contribution in [0.4, 0.5) is 5.82 Å². The molecule has 7 heteroatoms. The fourth-order valence-corrected chi connectivity index (χ4v) is 2.96. The molecule has 0 aliphatic carbocycles. The van der Waals surface area contributed by atoms with Crippen molar-refractivity contribution in [2.24, 2.45) is 7.05 Å². The van der Waals surface area contributed by atoms with Gasteiger partial charge in [-0.15, -0.1) is 0 Å². The predicted molar refractivity (Wildman–Crippen MR) is 73.5 cm³/mol. The van der Waals surface area contributed by atoms with Crippen molar-refractivity contribution in [2.75, 3.05) is 18.1 Å². The normalized spacial score (nSPS) is 19.6. The molecule has 1 aliphatic rings. The summed E-state index contributed by atoms with van der Waals surface area (Å²) in [4.78, 5) is 10.7. The molecule has 0 bridgehead atoms. The van der Waals surface area contributed by atoms with Crippen LogP contribution in [0.1, 0.15) is 18.5 Å². The minimum Gasteiger partial charge on any atom is -0.394 e. The highest BCUT2D eigenvalue weighted by Gasteiger charge is 2.28. The van der Waals surface area contributed by atoms with Gasteiger partial charge in [0.05, 0.1) is 23.7 Å². The summed E-state index contributed by atoms with van der Waals surface area (Å²) in [6.45, 7) is 2.94. The second-order valence-corrected chi connectivity index (χ2v) is 5.23. The quantitative estimate of drug-likeness (QED) is 0.840. The van der Waals surface area contributed by atoms with E-state index >= 15 is 0 Å². The Labute approximate surface area is 116 Å². The number of nitrogens with zero attached hydrogens (tertiary/aromatic N) is 5.